The minimum absolute atomic E-state index is 0.0287. The van der Waals surface area contributed by atoms with Gasteiger partial charge in [0.05, 0.1) is 51.0 Å². The van der Waals surface area contributed by atoms with Gasteiger partial charge in [0.1, 0.15) is 11.3 Å². The summed E-state index contributed by atoms with van der Waals surface area (Å²) in [7, 11) is -3.86. The summed E-state index contributed by atoms with van der Waals surface area (Å²) in [4.78, 5) is 119. The van der Waals surface area contributed by atoms with Crippen LogP contribution in [0.2, 0.25) is 0 Å². The van der Waals surface area contributed by atoms with E-state index >= 15 is 0 Å². The summed E-state index contributed by atoms with van der Waals surface area (Å²) in [6.45, 7) is 23.2. The number of anilines is 9. The van der Waals surface area contributed by atoms with E-state index in [1.54, 1.807) is 86.6 Å². The third-order valence-electron chi connectivity index (χ3n) is 22.4. The molecule has 0 bridgehead atoms. The largest absolute Gasteiger partial charge is 0.459 e. The molecule has 0 spiro atoms. The molecule has 5 fully saturated rings. The lowest BCUT2D eigenvalue weighted by atomic mass is 10.1. The van der Waals surface area contributed by atoms with Gasteiger partial charge in [0.15, 0.2) is 16.2 Å². The number of halogens is 1. The van der Waals surface area contributed by atoms with Gasteiger partial charge in [0.25, 0.3) is 35.4 Å². The van der Waals surface area contributed by atoms with Crippen molar-refractivity contribution in [1.29, 1.82) is 0 Å². The number of hydrogen-bond donors (Lipinski definition) is 7. The van der Waals surface area contributed by atoms with Crippen LogP contribution in [0.1, 0.15) is 135 Å². The molecule has 5 saturated heterocycles. The molecule has 0 radical (unpaired) electrons. The Hall–Kier alpha value is -12.7. The zero-order chi connectivity index (χ0) is 86.0. The van der Waals surface area contributed by atoms with Crippen LogP contribution in [0.5, 0.6) is 0 Å². The molecule has 10 aromatic rings. The van der Waals surface area contributed by atoms with Gasteiger partial charge in [-0.05, 0) is 208 Å². The Morgan fingerprint density at radius 2 is 0.844 bits per heavy atom. The Morgan fingerprint density at radius 3 is 1.21 bits per heavy atom. The number of aromatic nitrogens is 1. The van der Waals surface area contributed by atoms with Crippen LogP contribution in [0.15, 0.2) is 205 Å². The highest BCUT2D eigenvalue weighted by atomic mass is 79.9. The molecular weight excluding hydrogens is 1640 g/mol. The van der Waals surface area contributed by atoms with E-state index in [0.717, 1.165) is 122 Å². The number of piperazine rings is 3. The number of rotatable bonds is 26. The molecule has 0 unspecified atom stereocenters. The van der Waals surface area contributed by atoms with E-state index in [9.17, 15) is 46.8 Å². The van der Waals surface area contributed by atoms with Gasteiger partial charge in [-0.15, -0.1) is 0 Å². The summed E-state index contributed by atoms with van der Waals surface area (Å²) < 4.78 is 39.7. The number of likely N-dealkylation sites (tertiary alicyclic amines) is 2. The quantitative estimate of drug-likeness (QED) is 0.0248. The lowest BCUT2D eigenvalue weighted by Gasteiger charge is -2.38. The minimum atomic E-state index is -3.86. The van der Waals surface area contributed by atoms with Gasteiger partial charge in [0, 0.05) is 171 Å². The maximum Gasteiger partial charge on any atom is 0.291 e. The van der Waals surface area contributed by atoms with Crippen LogP contribution in [0.25, 0.3) is 0 Å². The van der Waals surface area contributed by atoms with Gasteiger partial charge in [-0.3, -0.25) is 38.4 Å². The molecule has 8 amide bonds. The lowest BCUT2D eigenvalue weighted by Crippen LogP contribution is -2.47. The first-order chi connectivity index (χ1) is 58.9. The number of sulfonamides is 1. The maximum absolute atomic E-state index is 13.3. The minimum Gasteiger partial charge on any atom is -0.459 e. The fraction of sp³-hybridized carbons (Fsp3) is 0.330. The number of furan rings is 2. The fourth-order valence-electron chi connectivity index (χ4n) is 15.8. The third-order valence-corrected chi connectivity index (χ3v) is 23.7. The Kier molecular flexibility index (Phi) is 28.9. The summed E-state index contributed by atoms with van der Waals surface area (Å²) >= 11 is 3.24. The highest BCUT2D eigenvalue weighted by molar-refractivity contribution is 9.10. The number of carbonyl (C=O) groups is 8. The van der Waals surface area contributed by atoms with Crippen molar-refractivity contribution in [3.8, 4) is 0 Å². The molecule has 0 atom stereocenters. The summed E-state index contributed by atoms with van der Waals surface area (Å²) in [6.07, 6.45) is 5.84. The molecule has 3 aromatic heterocycles. The zero-order valence-corrected chi connectivity index (χ0v) is 71.6. The molecule has 7 aromatic carbocycles. The summed E-state index contributed by atoms with van der Waals surface area (Å²) in [5, 5.41) is 26.7. The normalized spacial score (nSPS) is 14.8. The van der Waals surface area contributed by atoms with Crippen LogP contribution < -0.4 is 66.4 Å². The van der Waals surface area contributed by atoms with Crippen molar-refractivity contribution in [3.05, 3.63) is 254 Å². The van der Waals surface area contributed by atoms with E-state index in [0.29, 0.717) is 113 Å². The summed E-state index contributed by atoms with van der Waals surface area (Å²) in [6, 6.07) is 53.6. The number of amides is 8. The van der Waals surface area contributed by atoms with Crippen LogP contribution in [0.3, 0.4) is 0 Å². The van der Waals surface area contributed by atoms with Gasteiger partial charge < -0.3 is 84.5 Å². The topological polar surface area (TPSA) is 347 Å². The average Bonchev–Trinajstić information content (AvgIpc) is 1.12. The molecule has 5 aliphatic heterocycles. The van der Waals surface area contributed by atoms with Crippen molar-refractivity contribution in [2.45, 2.75) is 84.6 Å². The summed E-state index contributed by atoms with van der Waals surface area (Å²) in [5.74, 6) is -0.815. The number of nitrogens with one attached hydrogen (secondary N) is 6. The van der Waals surface area contributed by atoms with E-state index in [1.165, 1.54) is 52.1 Å². The van der Waals surface area contributed by atoms with Crippen LogP contribution in [0.4, 0.5) is 51.2 Å². The fourth-order valence-corrected chi connectivity index (χ4v) is 16.7. The Morgan fingerprint density at radius 1 is 0.434 bits per heavy atom. The first-order valence-corrected chi connectivity index (χ1v) is 43.5. The second-order valence-corrected chi connectivity index (χ2v) is 33.0. The molecule has 0 aliphatic carbocycles. The standard InChI is InChI=1S/C31H38N6O4.C30H34BrN5O4.C30H31N5O5S/c1-21-8-4-5-9-26(21)35-16-18-36(19-17-35)27-12-11-24(30(39)32-13-7-15-37-14-6-10-28(37)38)20-25(27)33-31(40)29-22(2)34-41-23(29)3;1-21-6-2-3-7-24(21)34-16-18-35(19-17-34)25-10-9-22(20-23(25)33-30(39)26-11-12-27(31)40-26)29(38)32-13-5-15-36-14-4-8-28(36)37;1-21-6-2-3-9-26(21)34-13-15-35(16-14-34)27-12-11-23(19-25(27)33-30(37)28-10-5-17-40-28)29(36)32-20-22-7-4-8-24(18-22)41(31,38)39/h4-5,8-9,11-12,20H,6-7,10,13-19H2,1-3H3,(H,32,39)(H,33,40);2-3,6-7,9-12,20H,4-5,8,13-19H2,1H3,(H,32,38)(H,33,39);2-12,17-19H,13-16,20H2,1H3,(H,32,36)(H,33,37)(H2,31,38,39). The molecule has 8 heterocycles. The predicted molar refractivity (Wildman–Crippen MR) is 476 cm³/mol. The molecule has 29 nitrogen and oxygen atoms in total. The Labute approximate surface area is 718 Å². The van der Waals surface area contributed by atoms with Crippen LogP contribution in [-0.4, -0.2) is 188 Å². The van der Waals surface area contributed by atoms with Gasteiger partial charge in [0.2, 0.25) is 21.8 Å². The first-order valence-electron chi connectivity index (χ1n) is 41.2. The second kappa shape index (κ2) is 40.5. The van der Waals surface area contributed by atoms with Crippen molar-refractivity contribution in [2.75, 3.05) is 163 Å². The average molecular weight is 1740 g/mol. The number of aryl methyl sites for hydroxylation is 5. The van der Waals surface area contributed by atoms with Gasteiger partial charge in [-0.2, -0.15) is 0 Å². The molecule has 15 rings (SSSR count). The van der Waals surface area contributed by atoms with E-state index in [4.69, 9.17) is 18.5 Å². The van der Waals surface area contributed by atoms with Crippen molar-refractivity contribution in [3.63, 3.8) is 0 Å². The number of benzene rings is 7. The molecule has 8 N–H and O–H groups in total. The van der Waals surface area contributed by atoms with Crippen molar-refractivity contribution in [2.24, 2.45) is 5.14 Å². The van der Waals surface area contributed by atoms with Gasteiger partial charge >= 0.3 is 0 Å². The number of para-hydroxylation sites is 3. The van der Waals surface area contributed by atoms with E-state index in [2.05, 4.69) is 158 Å². The monoisotopic (exact) mass is 1740 g/mol. The lowest BCUT2D eigenvalue weighted by molar-refractivity contribution is -0.128. The van der Waals surface area contributed by atoms with Gasteiger partial charge in [-0.1, -0.05) is 71.9 Å². The molecule has 122 heavy (non-hydrogen) atoms. The van der Waals surface area contributed by atoms with Crippen LogP contribution >= 0.6 is 15.9 Å². The van der Waals surface area contributed by atoms with Crippen molar-refractivity contribution >= 4 is 124 Å². The number of hydrogen-bond acceptors (Lipinski definition) is 20. The highest BCUT2D eigenvalue weighted by Crippen LogP contribution is 2.36. The molecule has 0 saturated carbocycles. The third kappa shape index (κ3) is 22.3. The molecular formula is C91H103BrN16O13S. The van der Waals surface area contributed by atoms with Crippen LogP contribution in [0, 0.1) is 34.6 Å². The van der Waals surface area contributed by atoms with Crippen molar-refractivity contribution < 1.29 is 60.1 Å². The molecule has 31 heteroatoms. The highest BCUT2D eigenvalue weighted by Gasteiger charge is 2.30. The van der Waals surface area contributed by atoms with Gasteiger partial charge in [-0.25, -0.2) is 13.6 Å². The van der Waals surface area contributed by atoms with E-state index in [-0.39, 0.29) is 58.4 Å². The van der Waals surface area contributed by atoms with E-state index in [1.807, 2.05) is 46.2 Å². The second-order valence-electron chi connectivity index (χ2n) is 30.7. The predicted octanol–water partition coefficient (Wildman–Crippen LogP) is 12.3. The first kappa shape index (κ1) is 87.1. The van der Waals surface area contributed by atoms with Crippen LogP contribution in [-0.2, 0) is 26.2 Å². The number of nitrogens with zero attached hydrogens (tertiary/aromatic N) is 9. The Balaban J connectivity index is 0.000000158. The maximum atomic E-state index is 13.3. The SMILES string of the molecule is Cc1ccccc1N1CCN(c2ccc(C(=O)NCCCN3CCCC3=O)cc2NC(=O)c2c(C)noc2C)CC1.Cc1ccccc1N1CCN(c2ccc(C(=O)NCCCN3CCCC3=O)cc2NC(=O)c2ccc(Br)o2)CC1.Cc1ccccc1N1CCN(c2ccc(C(=O)NCc3cccc(S(N)(=O)=O)c3)cc2NC(=O)c2ccco2)CC1. The molecule has 5 aliphatic rings. The number of carbonyl (C=O) groups excluding carboxylic acids is 8. The smallest absolute Gasteiger partial charge is 0.291 e. The Bertz CT molecular complexity index is 5520. The summed E-state index contributed by atoms with van der Waals surface area (Å²) in [5.41, 5.74) is 14.2. The number of nitrogens with two attached hydrogens (primary N) is 1. The number of primary sulfonamides is 1. The zero-order valence-electron chi connectivity index (χ0n) is 69.2. The van der Waals surface area contributed by atoms with Crippen molar-refractivity contribution in [1.82, 2.24) is 30.9 Å². The molecule has 638 valence electrons. The van der Waals surface area contributed by atoms with E-state index < -0.39 is 21.8 Å².